The minimum atomic E-state index is -0.0812. The van der Waals surface area contributed by atoms with E-state index in [4.69, 9.17) is 14.5 Å². The van der Waals surface area contributed by atoms with Crippen molar-refractivity contribution in [1.29, 1.82) is 0 Å². The van der Waals surface area contributed by atoms with Crippen LogP contribution in [0.2, 0.25) is 0 Å². The summed E-state index contributed by atoms with van der Waals surface area (Å²) in [5, 5.41) is 3.64. The highest BCUT2D eigenvalue weighted by atomic mass is 16.8. The van der Waals surface area contributed by atoms with E-state index in [1.165, 1.54) is 11.1 Å². The molecule has 3 unspecified atom stereocenters. The van der Waals surface area contributed by atoms with E-state index in [1.807, 2.05) is 13.1 Å². The lowest BCUT2D eigenvalue weighted by Crippen LogP contribution is -2.27. The molecule has 4 atom stereocenters. The van der Waals surface area contributed by atoms with Gasteiger partial charge in [-0.05, 0) is 30.9 Å². The summed E-state index contributed by atoms with van der Waals surface area (Å²) in [7, 11) is 0. The smallest absolute Gasteiger partial charge is 0.184 e. The maximum atomic E-state index is 6.20. The average Bonchev–Trinajstić information content (AvgIpc) is 3.22. The number of aromatic nitrogens is 2. The van der Waals surface area contributed by atoms with Crippen molar-refractivity contribution in [3.63, 3.8) is 0 Å². The van der Waals surface area contributed by atoms with Gasteiger partial charge in [-0.2, -0.15) is 0 Å². The van der Waals surface area contributed by atoms with Crippen molar-refractivity contribution in [2.45, 2.75) is 64.6 Å². The Labute approximate surface area is 148 Å². The van der Waals surface area contributed by atoms with Gasteiger partial charge in [0.15, 0.2) is 6.29 Å². The second-order valence-electron chi connectivity index (χ2n) is 6.77. The summed E-state index contributed by atoms with van der Waals surface area (Å²) >= 11 is 0. The summed E-state index contributed by atoms with van der Waals surface area (Å²) < 4.78 is 11.7. The zero-order valence-electron chi connectivity index (χ0n) is 15.0. The Morgan fingerprint density at radius 2 is 2.04 bits per heavy atom. The number of nitrogens with one attached hydrogen (secondary N) is 1. The molecule has 1 saturated heterocycles. The third kappa shape index (κ3) is 3.26. The number of aryl methyl sites for hydroxylation is 2. The second kappa shape index (κ2) is 6.73. The van der Waals surface area contributed by atoms with Crippen LogP contribution < -0.4 is 5.32 Å². The number of anilines is 1. The molecule has 1 aromatic heterocycles. The van der Waals surface area contributed by atoms with E-state index in [0.29, 0.717) is 0 Å². The summed E-state index contributed by atoms with van der Waals surface area (Å²) in [4.78, 5) is 9.37. The number of fused-ring (bicyclic) bond motifs is 1. The Bertz CT molecular complexity index is 764. The summed E-state index contributed by atoms with van der Waals surface area (Å²) in [5.74, 6) is 0.877. The van der Waals surface area contributed by atoms with Crippen molar-refractivity contribution in [2.24, 2.45) is 0 Å². The minimum Gasteiger partial charge on any atom is -0.359 e. The lowest BCUT2D eigenvalue weighted by molar-refractivity contribution is -0.0148. The van der Waals surface area contributed by atoms with Gasteiger partial charge in [-0.15, -0.1) is 0 Å². The van der Waals surface area contributed by atoms with Gasteiger partial charge in [-0.25, -0.2) is 4.98 Å². The normalized spacial score (nSPS) is 27.2. The summed E-state index contributed by atoms with van der Waals surface area (Å²) in [6, 6.07) is 8.60. The summed E-state index contributed by atoms with van der Waals surface area (Å²) in [6.45, 7) is 6.25. The van der Waals surface area contributed by atoms with Gasteiger partial charge >= 0.3 is 0 Å². The molecular formula is C20H25N3O2. The highest BCUT2D eigenvalue weighted by Gasteiger charge is 2.42. The molecule has 1 N–H and O–H groups in total. The van der Waals surface area contributed by atoms with E-state index in [-0.39, 0.29) is 24.5 Å². The van der Waals surface area contributed by atoms with Crippen molar-refractivity contribution in [3.05, 3.63) is 53.0 Å². The topological polar surface area (TPSA) is 59.6 Å². The average molecular weight is 339 g/mol. The van der Waals surface area contributed by atoms with Crippen LogP contribution in [0, 0.1) is 0 Å². The van der Waals surface area contributed by atoms with Gasteiger partial charge in [0.2, 0.25) is 0 Å². The highest BCUT2D eigenvalue weighted by Crippen LogP contribution is 2.39. The third-order valence-electron chi connectivity index (χ3n) is 5.03. The monoisotopic (exact) mass is 339 g/mol. The third-order valence-corrected chi connectivity index (χ3v) is 5.03. The molecule has 0 radical (unpaired) electrons. The predicted octanol–water partition coefficient (Wildman–Crippen LogP) is 3.44. The number of ether oxygens (including phenoxy) is 2. The van der Waals surface area contributed by atoms with Crippen LogP contribution in [0.4, 0.5) is 5.82 Å². The maximum absolute atomic E-state index is 6.20. The largest absolute Gasteiger partial charge is 0.359 e. The molecule has 1 aromatic carbocycles. The Hall–Kier alpha value is -1.98. The maximum Gasteiger partial charge on any atom is 0.184 e. The first kappa shape index (κ1) is 16.5. The van der Waals surface area contributed by atoms with Crippen molar-refractivity contribution in [1.82, 2.24) is 9.97 Å². The molecule has 0 spiro atoms. The lowest BCUT2D eigenvalue weighted by Gasteiger charge is -2.23. The number of hydrogen-bond acceptors (Lipinski definition) is 5. The quantitative estimate of drug-likeness (QED) is 0.817. The van der Waals surface area contributed by atoms with Gasteiger partial charge in [0.05, 0.1) is 23.5 Å². The van der Waals surface area contributed by atoms with Crippen molar-refractivity contribution in [2.75, 3.05) is 5.32 Å². The van der Waals surface area contributed by atoms with Crippen molar-refractivity contribution >= 4 is 5.82 Å². The molecule has 4 rings (SSSR count). The molecule has 25 heavy (non-hydrogen) atoms. The molecule has 5 nitrogen and oxygen atoms in total. The van der Waals surface area contributed by atoms with Gasteiger partial charge in [0, 0.05) is 12.6 Å². The van der Waals surface area contributed by atoms with E-state index in [9.17, 15) is 0 Å². The van der Waals surface area contributed by atoms with E-state index < -0.39 is 0 Å². The van der Waals surface area contributed by atoms with E-state index in [0.717, 1.165) is 36.5 Å². The number of rotatable bonds is 6. The van der Waals surface area contributed by atoms with Crippen molar-refractivity contribution < 1.29 is 9.47 Å². The molecule has 0 bridgehead atoms. The van der Waals surface area contributed by atoms with Crippen LogP contribution in [0.5, 0.6) is 0 Å². The Morgan fingerprint density at radius 1 is 1.24 bits per heavy atom. The second-order valence-corrected chi connectivity index (χ2v) is 6.77. The van der Waals surface area contributed by atoms with E-state index in [1.54, 1.807) is 0 Å². The molecule has 2 heterocycles. The minimum absolute atomic E-state index is 0.0455. The van der Waals surface area contributed by atoms with Gasteiger partial charge < -0.3 is 14.8 Å². The number of epoxide rings is 1. The molecule has 132 valence electrons. The number of nitrogens with zero attached hydrogens (tertiary/aromatic N) is 2. The van der Waals surface area contributed by atoms with Crippen LogP contribution in [0.25, 0.3) is 0 Å². The van der Waals surface area contributed by atoms with Crippen LogP contribution in [0.1, 0.15) is 49.3 Å². The number of hydrogen-bond donors (Lipinski definition) is 1. The Kier molecular flexibility index (Phi) is 4.44. The molecule has 5 heteroatoms. The molecule has 1 aliphatic heterocycles. The van der Waals surface area contributed by atoms with Crippen LogP contribution in [-0.4, -0.2) is 28.5 Å². The Balaban J connectivity index is 1.63. The van der Waals surface area contributed by atoms with Crippen LogP contribution in [-0.2, 0) is 28.7 Å². The first-order chi connectivity index (χ1) is 12.2. The Morgan fingerprint density at radius 3 is 2.76 bits per heavy atom. The molecule has 2 aliphatic rings. The zero-order valence-corrected chi connectivity index (χ0v) is 15.0. The van der Waals surface area contributed by atoms with E-state index in [2.05, 4.69) is 48.4 Å². The van der Waals surface area contributed by atoms with Gasteiger partial charge in [-0.3, -0.25) is 4.98 Å². The fourth-order valence-corrected chi connectivity index (χ4v) is 3.48. The molecule has 1 aliphatic carbocycles. The lowest BCUT2D eigenvalue weighted by atomic mass is 10.1. The molecule has 0 saturated carbocycles. The van der Waals surface area contributed by atoms with Crippen LogP contribution in [0.3, 0.4) is 0 Å². The van der Waals surface area contributed by atoms with Crippen LogP contribution in [0.15, 0.2) is 30.5 Å². The first-order valence-corrected chi connectivity index (χ1v) is 9.19. The van der Waals surface area contributed by atoms with Gasteiger partial charge in [-0.1, -0.05) is 38.1 Å². The van der Waals surface area contributed by atoms with Gasteiger partial charge in [0.1, 0.15) is 11.9 Å². The predicted molar refractivity (Wildman–Crippen MR) is 96.5 cm³/mol. The number of benzene rings is 1. The zero-order chi connectivity index (χ0) is 17.4. The fraction of sp³-hybridized carbons (Fsp3) is 0.500. The molecular weight excluding hydrogens is 314 g/mol. The molecule has 2 aromatic rings. The molecule has 1 fully saturated rings. The van der Waals surface area contributed by atoms with Crippen LogP contribution >= 0.6 is 0 Å². The standard InChI is InChI=1S/C20H25N3O2/c1-4-14-11-21-16(5-2)19(22-14)23-18-15-9-7-6-8-13(15)10-17(18)25-20-12(3)24-20/h6-9,11-12,17-18,20H,4-5,10H2,1-3H3,(H,22,23)/t12?,17?,18-,20?/m1/s1. The summed E-state index contributed by atoms with van der Waals surface area (Å²) in [5.41, 5.74) is 4.61. The SMILES string of the molecule is CCc1cnc(CC)c(N[C@@H]2c3ccccc3CC2OC2OC2C)n1. The highest BCUT2D eigenvalue weighted by molar-refractivity contribution is 5.48. The summed E-state index contributed by atoms with van der Waals surface area (Å²) in [6.07, 6.45) is 4.65. The van der Waals surface area contributed by atoms with Gasteiger partial charge in [0.25, 0.3) is 0 Å². The van der Waals surface area contributed by atoms with E-state index >= 15 is 0 Å². The van der Waals surface area contributed by atoms with Crippen molar-refractivity contribution in [3.8, 4) is 0 Å². The fourth-order valence-electron chi connectivity index (χ4n) is 3.48. The first-order valence-electron chi connectivity index (χ1n) is 9.19. The molecule has 0 amide bonds.